The van der Waals surface area contributed by atoms with Gasteiger partial charge < -0.3 is 30.5 Å². The van der Waals surface area contributed by atoms with E-state index in [1.54, 1.807) is 39.0 Å². The van der Waals surface area contributed by atoms with Gasteiger partial charge in [0.15, 0.2) is 0 Å². The third kappa shape index (κ3) is 14.4. The molecule has 6 N–H and O–H groups in total. The van der Waals surface area contributed by atoms with E-state index in [2.05, 4.69) is 73.9 Å². The molecule has 66 heavy (non-hydrogen) atoms. The van der Waals surface area contributed by atoms with Crippen LogP contribution in [0.1, 0.15) is 162 Å². The van der Waals surface area contributed by atoms with Gasteiger partial charge in [-0.15, -0.1) is 0 Å². The van der Waals surface area contributed by atoms with E-state index in [9.17, 15) is 14.4 Å². The van der Waals surface area contributed by atoms with Crippen molar-refractivity contribution in [3.8, 4) is 0 Å². The molecule has 0 bridgehead atoms. The summed E-state index contributed by atoms with van der Waals surface area (Å²) in [5.41, 5.74) is 4.63. The Balaban J connectivity index is 1.83. The first-order chi connectivity index (χ1) is 30.4. The summed E-state index contributed by atoms with van der Waals surface area (Å²) in [6, 6.07) is -1.18. The highest BCUT2D eigenvalue weighted by Crippen LogP contribution is 2.49. The lowest BCUT2D eigenvalue weighted by atomic mass is 9.61. The van der Waals surface area contributed by atoms with Gasteiger partial charge in [-0.05, 0) is 126 Å². The lowest BCUT2D eigenvalue weighted by Crippen LogP contribution is -2.61. The topological polar surface area (TPSA) is 217 Å². The van der Waals surface area contributed by atoms with Crippen LogP contribution in [0.25, 0.3) is 0 Å². The molecule has 3 amide bonds. The Morgan fingerprint density at radius 3 is 1.24 bits per heavy atom. The number of allylic oxidation sites excluding steroid dienone is 6. The van der Waals surface area contributed by atoms with Crippen molar-refractivity contribution in [2.75, 3.05) is 0 Å². The number of carbonyl (C=O) groups excluding carboxylic acids is 3. The third-order valence-electron chi connectivity index (χ3n) is 13.9. The third-order valence-corrected chi connectivity index (χ3v) is 13.9. The van der Waals surface area contributed by atoms with E-state index >= 15 is 14.4 Å². The molecule has 1 heterocycles. The summed E-state index contributed by atoms with van der Waals surface area (Å²) >= 11 is 0. The fourth-order valence-electron chi connectivity index (χ4n) is 11.6. The van der Waals surface area contributed by atoms with Crippen molar-refractivity contribution < 1.29 is 28.9 Å². The summed E-state index contributed by atoms with van der Waals surface area (Å²) in [7, 11) is 0. The number of amides is 3. The zero-order valence-corrected chi connectivity index (χ0v) is 42.5. The van der Waals surface area contributed by atoms with Gasteiger partial charge in [-0.2, -0.15) is 0 Å². The first-order valence-corrected chi connectivity index (χ1v) is 23.5. The fourth-order valence-corrected chi connectivity index (χ4v) is 11.6. The van der Waals surface area contributed by atoms with Gasteiger partial charge in [-0.25, -0.2) is 58.9 Å². The van der Waals surface area contributed by atoms with Crippen LogP contribution in [0.15, 0.2) is 49.7 Å². The van der Waals surface area contributed by atoms with Crippen molar-refractivity contribution in [2.24, 2.45) is 32.5 Å². The lowest BCUT2D eigenvalue weighted by Gasteiger charge is -2.48. The van der Waals surface area contributed by atoms with Crippen LogP contribution in [-0.4, -0.2) is 50.1 Å². The van der Waals surface area contributed by atoms with Gasteiger partial charge in [0.2, 0.25) is 0 Å². The minimum absolute atomic E-state index is 0.0272. The average Bonchev–Trinajstić information content (AvgIpc) is 3.19. The molecule has 3 fully saturated rings. The molecule has 0 aliphatic heterocycles. The van der Waals surface area contributed by atoms with Crippen molar-refractivity contribution in [3.05, 3.63) is 66.8 Å². The Hall–Kier alpha value is -5.16. The minimum Gasteiger partial charge on any atom is -0.325 e. The molecule has 1 aromatic heterocycles. The van der Waals surface area contributed by atoms with Crippen molar-refractivity contribution in [3.63, 3.8) is 0 Å². The smallest absolute Gasteiger partial charge is 0.325 e. The standard InChI is InChI=1S/C48H81N9O9/c1-16-31(4)52-64-37(58)49-34-21-44(9,10)25-46(13,23-34)28-55-40(61)56(29-47(14)24-35(22-45(11,12)26-47)50-38(59)65-53-32(5)17-2)42(63)57(41(55)62)30-48(15)27-43(7,8)20-19-36(48)51-39(60)66-54-33(6)18-3/h16-18,34-36,52-54H,19-30H2,1-15H3,(H,49,58)(H,50,59)(H,51,60)/b31-16+,32-17+,33-18+. The van der Waals surface area contributed by atoms with Gasteiger partial charge in [-0.1, -0.05) is 80.5 Å². The first kappa shape index (κ1) is 53.5. The number of hydrogen-bond donors (Lipinski definition) is 6. The van der Waals surface area contributed by atoms with E-state index in [0.717, 1.165) is 6.42 Å². The van der Waals surface area contributed by atoms with Crippen LogP contribution in [0.4, 0.5) is 14.4 Å². The predicted octanol–water partition coefficient (Wildman–Crippen LogP) is 7.39. The summed E-state index contributed by atoms with van der Waals surface area (Å²) < 4.78 is 3.59. The van der Waals surface area contributed by atoms with Gasteiger partial charge in [0.1, 0.15) is 0 Å². The number of carbonyl (C=O) groups is 3. The molecule has 0 saturated heterocycles. The van der Waals surface area contributed by atoms with Crippen molar-refractivity contribution >= 4 is 18.3 Å². The Kier molecular flexibility index (Phi) is 16.8. The van der Waals surface area contributed by atoms with E-state index < -0.39 is 57.6 Å². The van der Waals surface area contributed by atoms with Gasteiger partial charge in [0, 0.05) is 60.3 Å². The highest BCUT2D eigenvalue weighted by atomic mass is 16.7. The summed E-state index contributed by atoms with van der Waals surface area (Å²) in [4.78, 5) is 100. The van der Waals surface area contributed by atoms with Crippen LogP contribution >= 0.6 is 0 Å². The molecule has 0 aromatic carbocycles. The molecule has 372 valence electrons. The molecule has 1 aromatic rings. The van der Waals surface area contributed by atoms with Crippen molar-refractivity contribution in [1.82, 2.24) is 46.1 Å². The van der Waals surface area contributed by atoms with Crippen molar-refractivity contribution in [1.29, 1.82) is 0 Å². The van der Waals surface area contributed by atoms with Crippen molar-refractivity contribution in [2.45, 2.75) is 199 Å². The molecular weight excluding hydrogens is 847 g/mol. The summed E-state index contributed by atoms with van der Waals surface area (Å²) in [6.45, 7) is 29.2. The zero-order valence-electron chi connectivity index (χ0n) is 42.5. The largest absolute Gasteiger partial charge is 0.431 e. The molecule has 3 aliphatic carbocycles. The Labute approximate surface area is 391 Å². The molecule has 18 nitrogen and oxygen atoms in total. The number of rotatable bonds is 15. The number of aromatic nitrogens is 3. The monoisotopic (exact) mass is 928 g/mol. The van der Waals surface area contributed by atoms with Gasteiger partial charge in [0.25, 0.3) is 0 Å². The molecule has 3 aliphatic rings. The summed E-state index contributed by atoms with van der Waals surface area (Å²) in [5, 5.41) is 8.99. The Morgan fingerprint density at radius 2 is 0.879 bits per heavy atom. The normalized spacial score (nSPS) is 28.6. The van der Waals surface area contributed by atoms with Crippen LogP contribution in [0.5, 0.6) is 0 Å². The molecule has 6 unspecified atom stereocenters. The molecule has 0 spiro atoms. The summed E-state index contributed by atoms with van der Waals surface area (Å²) in [6.07, 6.45) is 8.57. The maximum Gasteiger partial charge on any atom is 0.431 e. The number of nitrogens with zero attached hydrogens (tertiary/aromatic N) is 3. The average molecular weight is 928 g/mol. The highest BCUT2D eigenvalue weighted by molar-refractivity contribution is 5.68. The maximum absolute atomic E-state index is 15.1. The number of hydrogen-bond acceptors (Lipinski definition) is 12. The van der Waals surface area contributed by atoms with E-state index in [-0.39, 0.29) is 48.0 Å². The highest BCUT2D eigenvalue weighted by Gasteiger charge is 2.48. The SMILES string of the molecule is C/C=C(\C)NOC(=O)NC1CC(C)(C)CC(C)(Cn2c(=O)n(CC3(C)CC(NC(=O)ON/C(C)=C/C)CC(C)(C)C3)c(=O)n(CC3(C)CC(C)(C)CCC3NC(=O)ON/C(C)=C/C)c2=O)C1. The number of nitrogens with one attached hydrogen (secondary N) is 6. The first-order valence-electron chi connectivity index (χ1n) is 23.5. The Bertz CT molecular complexity index is 2110. The minimum atomic E-state index is -0.837. The second kappa shape index (κ2) is 20.8. The predicted molar refractivity (Wildman–Crippen MR) is 254 cm³/mol. The number of hydroxylamine groups is 3. The molecule has 18 heteroatoms. The second-order valence-corrected chi connectivity index (χ2v) is 23.0. The van der Waals surface area contributed by atoms with Gasteiger partial charge in [-0.3, -0.25) is 0 Å². The van der Waals surface area contributed by atoms with Crippen LogP contribution in [0.2, 0.25) is 0 Å². The van der Waals surface area contributed by atoms with Crippen LogP contribution < -0.4 is 49.5 Å². The van der Waals surface area contributed by atoms with Gasteiger partial charge in [0.05, 0.1) is 0 Å². The molecule has 6 atom stereocenters. The van der Waals surface area contributed by atoms with E-state index in [1.807, 2.05) is 41.5 Å². The van der Waals surface area contributed by atoms with E-state index in [4.69, 9.17) is 14.5 Å². The Morgan fingerprint density at radius 1 is 0.530 bits per heavy atom. The molecule has 3 saturated carbocycles. The van der Waals surface area contributed by atoms with Crippen LogP contribution in [0, 0.1) is 32.5 Å². The van der Waals surface area contributed by atoms with Crippen LogP contribution in [-0.2, 0) is 34.1 Å². The van der Waals surface area contributed by atoms with E-state index in [0.29, 0.717) is 68.5 Å². The quantitative estimate of drug-likeness (QED) is 0.0750. The molecule has 0 radical (unpaired) electrons. The van der Waals surface area contributed by atoms with Gasteiger partial charge >= 0.3 is 35.3 Å². The molecular formula is C48H81N9O9. The van der Waals surface area contributed by atoms with Crippen LogP contribution in [0.3, 0.4) is 0 Å². The maximum atomic E-state index is 15.1. The molecule has 4 rings (SSSR count). The summed E-state index contributed by atoms with van der Waals surface area (Å²) in [5.74, 6) is 0. The lowest BCUT2D eigenvalue weighted by molar-refractivity contribution is 0.0265. The second-order valence-electron chi connectivity index (χ2n) is 23.0. The zero-order chi connectivity index (χ0) is 49.6. The van der Waals surface area contributed by atoms with E-state index in [1.165, 1.54) is 13.7 Å². The fraction of sp³-hybridized carbons (Fsp3) is 0.750.